The van der Waals surface area contributed by atoms with Crippen molar-refractivity contribution in [1.82, 2.24) is 10.2 Å². The zero-order chi connectivity index (χ0) is 15.4. The van der Waals surface area contributed by atoms with Gasteiger partial charge in [0.25, 0.3) is 5.91 Å². The summed E-state index contributed by atoms with van der Waals surface area (Å²) in [5.41, 5.74) is 4.64. The maximum absolute atomic E-state index is 12.7. The van der Waals surface area contributed by atoms with Crippen LogP contribution in [0, 0.1) is 0 Å². The third-order valence-electron chi connectivity index (χ3n) is 4.27. The Morgan fingerprint density at radius 3 is 2.57 bits per heavy atom. The van der Waals surface area contributed by atoms with E-state index in [1.807, 2.05) is 42.2 Å². The number of likely N-dealkylation sites (N-methyl/N-ethyl adjacent to an activating group) is 1. The van der Waals surface area contributed by atoms with Gasteiger partial charge in [-0.2, -0.15) is 0 Å². The smallest absolute Gasteiger partial charge is 0.253 e. The van der Waals surface area contributed by atoms with Crippen molar-refractivity contribution in [2.45, 2.75) is 26.4 Å². The summed E-state index contributed by atoms with van der Waals surface area (Å²) in [6.07, 6.45) is 0.896. The Morgan fingerprint density at radius 1 is 1.09 bits per heavy atom. The van der Waals surface area contributed by atoms with Crippen LogP contribution in [0.2, 0.25) is 0 Å². The van der Waals surface area contributed by atoms with Gasteiger partial charge in [0.1, 0.15) is 0 Å². The van der Waals surface area contributed by atoms with Gasteiger partial charge in [-0.05, 0) is 42.2 Å². The van der Waals surface area contributed by atoms with Gasteiger partial charge in [0.15, 0.2) is 0 Å². The van der Waals surface area contributed by atoms with Crippen LogP contribution < -0.4 is 5.32 Å². The average molecular weight is 331 g/mol. The Kier molecular flexibility index (Phi) is 6.20. The number of hydrogen-bond acceptors (Lipinski definition) is 2. The molecule has 1 N–H and O–H groups in total. The first-order chi connectivity index (χ1) is 10.8. The number of halogens is 1. The lowest BCUT2D eigenvalue weighted by Gasteiger charge is -2.21. The van der Waals surface area contributed by atoms with E-state index in [4.69, 9.17) is 0 Å². The Bertz CT molecular complexity index is 658. The number of rotatable bonds is 5. The molecule has 0 aromatic heterocycles. The molecule has 0 bridgehead atoms. The molecule has 1 heterocycles. The zero-order valence-corrected chi connectivity index (χ0v) is 14.2. The van der Waals surface area contributed by atoms with Crippen LogP contribution in [0.1, 0.15) is 34.0 Å². The van der Waals surface area contributed by atoms with Crippen LogP contribution in [0.15, 0.2) is 48.5 Å². The number of fused-ring (bicyclic) bond motifs is 1. The van der Waals surface area contributed by atoms with Crippen molar-refractivity contribution in [3.8, 4) is 0 Å². The lowest BCUT2D eigenvalue weighted by Crippen LogP contribution is -2.32. The van der Waals surface area contributed by atoms with E-state index < -0.39 is 0 Å². The molecule has 0 atom stereocenters. The summed E-state index contributed by atoms with van der Waals surface area (Å²) < 4.78 is 0. The highest BCUT2D eigenvalue weighted by Crippen LogP contribution is 2.18. The zero-order valence-electron chi connectivity index (χ0n) is 13.4. The Hall–Kier alpha value is -1.84. The molecule has 0 aliphatic carbocycles. The number of hydrogen-bond donors (Lipinski definition) is 1. The summed E-state index contributed by atoms with van der Waals surface area (Å²) in [5.74, 6) is 0.133. The lowest BCUT2D eigenvalue weighted by atomic mass is 10.1. The summed E-state index contributed by atoms with van der Waals surface area (Å²) in [6, 6.07) is 16.4. The third kappa shape index (κ3) is 4.12. The van der Waals surface area contributed by atoms with Crippen LogP contribution in [-0.4, -0.2) is 23.9 Å². The molecule has 0 unspecified atom stereocenters. The monoisotopic (exact) mass is 330 g/mol. The first kappa shape index (κ1) is 17.5. The Balaban J connectivity index is 0.00000192. The van der Waals surface area contributed by atoms with Crippen LogP contribution in [0.3, 0.4) is 0 Å². The SMILES string of the molecule is CCN(CCc1ccccc1)C(=O)c1ccc2c(c1)CNC2.Cl. The largest absolute Gasteiger partial charge is 0.339 e. The molecule has 1 aliphatic rings. The quantitative estimate of drug-likeness (QED) is 0.911. The fourth-order valence-corrected chi connectivity index (χ4v) is 2.92. The third-order valence-corrected chi connectivity index (χ3v) is 4.27. The molecule has 122 valence electrons. The standard InChI is InChI=1S/C19H22N2O.ClH/c1-2-21(11-10-15-6-4-3-5-7-15)19(22)16-8-9-17-13-20-14-18(17)12-16;/h3-9,12,20H,2,10-11,13-14H2,1H3;1H. The molecule has 23 heavy (non-hydrogen) atoms. The summed E-state index contributed by atoms with van der Waals surface area (Å²) in [4.78, 5) is 14.6. The van der Waals surface area contributed by atoms with Gasteiger partial charge in [-0.15, -0.1) is 12.4 Å². The topological polar surface area (TPSA) is 32.3 Å². The predicted octanol–water partition coefficient (Wildman–Crippen LogP) is 3.42. The lowest BCUT2D eigenvalue weighted by molar-refractivity contribution is 0.0766. The van der Waals surface area contributed by atoms with Crippen LogP contribution >= 0.6 is 12.4 Å². The molecule has 0 saturated carbocycles. The molecule has 0 fully saturated rings. The minimum absolute atomic E-state index is 0. The maximum atomic E-state index is 12.7. The summed E-state index contributed by atoms with van der Waals surface area (Å²) in [6.45, 7) is 5.31. The number of carbonyl (C=O) groups excluding carboxylic acids is 1. The molecular formula is C19H23ClN2O. The van der Waals surface area contributed by atoms with E-state index in [1.165, 1.54) is 16.7 Å². The second-order valence-corrected chi connectivity index (χ2v) is 5.71. The minimum atomic E-state index is 0. The summed E-state index contributed by atoms with van der Waals surface area (Å²) in [5, 5.41) is 3.32. The number of nitrogens with zero attached hydrogens (tertiary/aromatic N) is 1. The highest BCUT2D eigenvalue weighted by molar-refractivity contribution is 5.94. The van der Waals surface area contributed by atoms with Crippen molar-refractivity contribution < 1.29 is 4.79 Å². The van der Waals surface area contributed by atoms with E-state index in [0.29, 0.717) is 0 Å². The molecule has 0 spiro atoms. The van der Waals surface area contributed by atoms with Crippen LogP contribution in [0.25, 0.3) is 0 Å². The normalized spacial score (nSPS) is 12.4. The highest BCUT2D eigenvalue weighted by atomic mass is 35.5. The first-order valence-electron chi connectivity index (χ1n) is 7.93. The van der Waals surface area contributed by atoms with Crippen molar-refractivity contribution in [2.75, 3.05) is 13.1 Å². The average Bonchev–Trinajstić information content (AvgIpc) is 3.03. The number of carbonyl (C=O) groups is 1. The van der Waals surface area contributed by atoms with Crippen molar-refractivity contribution >= 4 is 18.3 Å². The van der Waals surface area contributed by atoms with Crippen molar-refractivity contribution in [3.05, 3.63) is 70.8 Å². The molecule has 2 aromatic rings. The van der Waals surface area contributed by atoms with Crippen LogP contribution in [-0.2, 0) is 19.5 Å². The van der Waals surface area contributed by atoms with Crippen LogP contribution in [0.5, 0.6) is 0 Å². The van der Waals surface area contributed by atoms with Gasteiger partial charge in [0.2, 0.25) is 0 Å². The number of benzene rings is 2. The van der Waals surface area contributed by atoms with Gasteiger partial charge >= 0.3 is 0 Å². The summed E-state index contributed by atoms with van der Waals surface area (Å²) in [7, 11) is 0. The van der Waals surface area contributed by atoms with Gasteiger partial charge in [0.05, 0.1) is 0 Å². The predicted molar refractivity (Wildman–Crippen MR) is 96.0 cm³/mol. The van der Waals surface area contributed by atoms with Crippen molar-refractivity contribution in [3.63, 3.8) is 0 Å². The number of amides is 1. The van der Waals surface area contributed by atoms with Gasteiger partial charge < -0.3 is 10.2 Å². The maximum Gasteiger partial charge on any atom is 0.253 e. The fraction of sp³-hybridized carbons (Fsp3) is 0.316. The molecule has 4 heteroatoms. The molecule has 0 radical (unpaired) electrons. The van der Waals surface area contributed by atoms with E-state index >= 15 is 0 Å². The van der Waals surface area contributed by atoms with Gasteiger partial charge in [-0.25, -0.2) is 0 Å². The minimum Gasteiger partial charge on any atom is -0.339 e. The van der Waals surface area contributed by atoms with E-state index in [2.05, 4.69) is 23.5 Å². The first-order valence-corrected chi connectivity index (χ1v) is 7.93. The van der Waals surface area contributed by atoms with E-state index in [1.54, 1.807) is 0 Å². The van der Waals surface area contributed by atoms with Gasteiger partial charge in [-0.1, -0.05) is 36.4 Å². The number of nitrogens with one attached hydrogen (secondary N) is 1. The van der Waals surface area contributed by atoms with E-state index in [-0.39, 0.29) is 18.3 Å². The Morgan fingerprint density at radius 2 is 1.83 bits per heavy atom. The van der Waals surface area contributed by atoms with Crippen molar-refractivity contribution in [1.29, 1.82) is 0 Å². The van der Waals surface area contributed by atoms with Gasteiger partial charge in [-0.3, -0.25) is 4.79 Å². The molecule has 0 saturated heterocycles. The second kappa shape index (κ2) is 8.14. The van der Waals surface area contributed by atoms with Crippen LogP contribution in [0.4, 0.5) is 0 Å². The Labute approximate surface area is 144 Å². The second-order valence-electron chi connectivity index (χ2n) is 5.71. The summed E-state index contributed by atoms with van der Waals surface area (Å²) >= 11 is 0. The fourth-order valence-electron chi connectivity index (χ4n) is 2.92. The van der Waals surface area contributed by atoms with E-state index in [0.717, 1.165) is 38.2 Å². The van der Waals surface area contributed by atoms with Gasteiger partial charge in [0, 0.05) is 31.7 Å². The van der Waals surface area contributed by atoms with Crippen molar-refractivity contribution in [2.24, 2.45) is 0 Å². The molecule has 3 nitrogen and oxygen atoms in total. The molecule has 2 aromatic carbocycles. The molecular weight excluding hydrogens is 308 g/mol. The molecule has 1 amide bonds. The van der Waals surface area contributed by atoms with E-state index in [9.17, 15) is 4.79 Å². The highest BCUT2D eigenvalue weighted by Gasteiger charge is 2.17. The molecule has 1 aliphatic heterocycles. The molecule has 3 rings (SSSR count).